The maximum Gasteiger partial charge on any atom is 0.257 e. The molecule has 2 aliphatic rings. The van der Waals surface area contributed by atoms with Gasteiger partial charge in [0.15, 0.2) is 0 Å². The van der Waals surface area contributed by atoms with Crippen molar-refractivity contribution in [2.75, 3.05) is 33.4 Å². The van der Waals surface area contributed by atoms with Gasteiger partial charge in [0.1, 0.15) is 17.5 Å². The molecule has 0 saturated carbocycles. The Morgan fingerprint density at radius 2 is 1.72 bits per heavy atom. The summed E-state index contributed by atoms with van der Waals surface area (Å²) >= 11 is 0. The van der Waals surface area contributed by atoms with Crippen LogP contribution in [-0.4, -0.2) is 72.6 Å². The van der Waals surface area contributed by atoms with Gasteiger partial charge in [-0.25, -0.2) is 0 Å². The number of likely N-dealkylation sites (tertiary alicyclic amines) is 1. The number of carbonyl (C=O) groups excluding carboxylic acids is 3. The number of methoxy groups -OCH3 is 1. The Balaban J connectivity index is 1.56. The topological polar surface area (TPSA) is 88.2 Å². The van der Waals surface area contributed by atoms with Gasteiger partial charge in [-0.3, -0.25) is 19.3 Å². The minimum Gasteiger partial charge on any atom is -0.497 e. The molecule has 1 atom stereocenters. The summed E-state index contributed by atoms with van der Waals surface area (Å²) in [6.07, 6.45) is 0.862. The fourth-order valence-electron chi connectivity index (χ4n) is 4.91. The molecule has 192 valence electrons. The predicted molar refractivity (Wildman–Crippen MR) is 136 cm³/mol. The van der Waals surface area contributed by atoms with Crippen molar-refractivity contribution >= 4 is 17.7 Å². The zero-order chi connectivity index (χ0) is 25.9. The summed E-state index contributed by atoms with van der Waals surface area (Å²) in [5, 5.41) is 2.97. The zero-order valence-electron chi connectivity index (χ0n) is 21.5. The number of amides is 3. The van der Waals surface area contributed by atoms with Crippen LogP contribution in [0.4, 0.5) is 0 Å². The van der Waals surface area contributed by atoms with E-state index in [2.05, 4.69) is 5.32 Å². The molecule has 2 saturated heterocycles. The maximum absolute atomic E-state index is 13.9. The molecule has 2 aromatic rings. The summed E-state index contributed by atoms with van der Waals surface area (Å²) in [4.78, 5) is 43.5. The Morgan fingerprint density at radius 3 is 2.33 bits per heavy atom. The predicted octanol–water partition coefficient (Wildman–Crippen LogP) is 3.25. The lowest BCUT2D eigenvalue weighted by molar-refractivity contribution is -0.128. The second kappa shape index (κ2) is 10.7. The number of carbonyl (C=O) groups is 3. The zero-order valence-corrected chi connectivity index (χ0v) is 21.5. The third-order valence-corrected chi connectivity index (χ3v) is 7.01. The van der Waals surface area contributed by atoms with Crippen molar-refractivity contribution in [1.82, 2.24) is 15.1 Å². The van der Waals surface area contributed by atoms with Gasteiger partial charge in [0.2, 0.25) is 5.91 Å². The Kier molecular flexibility index (Phi) is 7.64. The Bertz CT molecular complexity index is 1110. The molecule has 4 rings (SSSR count). The molecule has 0 unspecified atom stereocenters. The van der Waals surface area contributed by atoms with E-state index in [0.29, 0.717) is 49.4 Å². The summed E-state index contributed by atoms with van der Waals surface area (Å²) < 4.78 is 11.5. The standard InChI is InChI=1S/C28H35N3O5/c1-19(2)17-29-25(32)24-18-36-28(31(24)27(34)23-8-6-5-7-20(23)3)13-15-30(16-14-28)26(33)21-9-11-22(35-4)12-10-21/h5-12,19,24H,13-18H2,1-4H3,(H,29,32)/t24-/m0/s1. The Labute approximate surface area is 212 Å². The van der Waals surface area contributed by atoms with Crippen molar-refractivity contribution in [3.63, 3.8) is 0 Å². The molecule has 2 aromatic carbocycles. The number of benzene rings is 2. The summed E-state index contributed by atoms with van der Waals surface area (Å²) in [6.45, 7) is 7.44. The molecule has 0 bridgehead atoms. The van der Waals surface area contributed by atoms with Gasteiger partial charge in [-0.2, -0.15) is 0 Å². The van der Waals surface area contributed by atoms with Crippen molar-refractivity contribution in [1.29, 1.82) is 0 Å². The molecule has 0 aliphatic carbocycles. The van der Waals surface area contributed by atoms with Gasteiger partial charge in [0, 0.05) is 43.6 Å². The highest BCUT2D eigenvalue weighted by Gasteiger charge is 2.54. The van der Waals surface area contributed by atoms with Crippen molar-refractivity contribution in [3.05, 3.63) is 65.2 Å². The summed E-state index contributed by atoms with van der Waals surface area (Å²) in [5.74, 6) is 0.478. The van der Waals surface area contributed by atoms with Crippen molar-refractivity contribution in [2.24, 2.45) is 5.92 Å². The first kappa shape index (κ1) is 25.7. The van der Waals surface area contributed by atoms with Crippen molar-refractivity contribution in [2.45, 2.75) is 45.4 Å². The molecule has 2 fully saturated rings. The lowest BCUT2D eigenvalue weighted by Gasteiger charge is -2.44. The summed E-state index contributed by atoms with van der Waals surface area (Å²) in [7, 11) is 1.59. The SMILES string of the molecule is COc1ccc(C(=O)N2CCC3(CC2)OC[C@@H](C(=O)NCC(C)C)N3C(=O)c2ccccc2C)cc1. The molecular weight excluding hydrogens is 458 g/mol. The second-order valence-electron chi connectivity index (χ2n) is 9.92. The molecule has 36 heavy (non-hydrogen) atoms. The van der Waals surface area contributed by atoms with Gasteiger partial charge in [0.25, 0.3) is 11.8 Å². The van der Waals surface area contributed by atoms with Crippen LogP contribution < -0.4 is 10.1 Å². The molecule has 2 aliphatic heterocycles. The molecule has 0 radical (unpaired) electrons. The number of hydrogen-bond donors (Lipinski definition) is 1. The second-order valence-corrected chi connectivity index (χ2v) is 9.92. The van der Waals surface area contributed by atoms with Crippen LogP contribution >= 0.6 is 0 Å². The number of nitrogens with zero attached hydrogens (tertiary/aromatic N) is 2. The highest BCUT2D eigenvalue weighted by molar-refractivity contribution is 5.99. The summed E-state index contributed by atoms with van der Waals surface area (Å²) in [6, 6.07) is 13.7. The molecule has 2 heterocycles. The van der Waals surface area contributed by atoms with Crippen LogP contribution in [0.1, 0.15) is 53.0 Å². The van der Waals surface area contributed by atoms with Gasteiger partial charge in [-0.05, 0) is 48.7 Å². The minimum absolute atomic E-state index is 0.0755. The number of piperidine rings is 1. The average Bonchev–Trinajstić information content (AvgIpc) is 3.25. The molecule has 8 heteroatoms. The van der Waals surface area contributed by atoms with Crippen LogP contribution in [0.5, 0.6) is 5.75 Å². The van der Waals surface area contributed by atoms with Crippen LogP contribution in [0.15, 0.2) is 48.5 Å². The first-order valence-electron chi connectivity index (χ1n) is 12.5. The van der Waals surface area contributed by atoms with Crippen LogP contribution in [0.3, 0.4) is 0 Å². The third-order valence-electron chi connectivity index (χ3n) is 7.01. The number of rotatable bonds is 6. The Hall–Kier alpha value is -3.39. The normalized spacial score (nSPS) is 19.0. The molecule has 1 N–H and O–H groups in total. The van der Waals surface area contributed by atoms with Gasteiger partial charge >= 0.3 is 0 Å². The van der Waals surface area contributed by atoms with Crippen LogP contribution in [-0.2, 0) is 9.53 Å². The monoisotopic (exact) mass is 493 g/mol. The van der Waals surface area contributed by atoms with Crippen molar-refractivity contribution < 1.29 is 23.9 Å². The number of aryl methyl sites for hydroxylation is 1. The quantitative estimate of drug-likeness (QED) is 0.668. The highest BCUT2D eigenvalue weighted by Crippen LogP contribution is 2.39. The van der Waals surface area contributed by atoms with E-state index in [1.54, 1.807) is 47.2 Å². The fraction of sp³-hybridized carbons (Fsp3) is 0.464. The van der Waals surface area contributed by atoms with E-state index in [-0.39, 0.29) is 30.2 Å². The van der Waals surface area contributed by atoms with Gasteiger partial charge in [0.05, 0.1) is 13.7 Å². The number of ether oxygens (including phenoxy) is 2. The molecule has 3 amide bonds. The van der Waals surface area contributed by atoms with Crippen LogP contribution in [0.25, 0.3) is 0 Å². The van der Waals surface area contributed by atoms with E-state index in [1.807, 2.05) is 39.0 Å². The smallest absolute Gasteiger partial charge is 0.257 e. The van der Waals surface area contributed by atoms with Crippen molar-refractivity contribution in [3.8, 4) is 5.75 Å². The van der Waals surface area contributed by atoms with Crippen LogP contribution in [0.2, 0.25) is 0 Å². The first-order chi connectivity index (χ1) is 17.3. The van der Waals surface area contributed by atoms with E-state index >= 15 is 0 Å². The van der Waals surface area contributed by atoms with E-state index in [9.17, 15) is 14.4 Å². The number of hydrogen-bond acceptors (Lipinski definition) is 5. The van der Waals surface area contributed by atoms with E-state index in [1.165, 1.54) is 0 Å². The van der Waals surface area contributed by atoms with Gasteiger partial charge in [-0.1, -0.05) is 32.0 Å². The summed E-state index contributed by atoms with van der Waals surface area (Å²) in [5.41, 5.74) is 1.05. The molecule has 1 spiro atoms. The lowest BCUT2D eigenvalue weighted by Crippen LogP contribution is -2.60. The number of nitrogens with one attached hydrogen (secondary N) is 1. The van der Waals surface area contributed by atoms with Crippen LogP contribution in [0, 0.1) is 12.8 Å². The fourth-order valence-corrected chi connectivity index (χ4v) is 4.91. The highest BCUT2D eigenvalue weighted by atomic mass is 16.5. The van der Waals surface area contributed by atoms with Gasteiger partial charge < -0.3 is 19.7 Å². The minimum atomic E-state index is -0.935. The Morgan fingerprint density at radius 1 is 1.06 bits per heavy atom. The molecule has 8 nitrogen and oxygen atoms in total. The largest absolute Gasteiger partial charge is 0.497 e. The first-order valence-corrected chi connectivity index (χ1v) is 12.5. The lowest BCUT2D eigenvalue weighted by atomic mass is 9.95. The third kappa shape index (κ3) is 5.09. The molecule has 0 aromatic heterocycles. The van der Waals surface area contributed by atoms with E-state index in [4.69, 9.17) is 9.47 Å². The van der Waals surface area contributed by atoms with E-state index < -0.39 is 11.8 Å². The average molecular weight is 494 g/mol. The molecular formula is C28H35N3O5. The van der Waals surface area contributed by atoms with E-state index in [0.717, 1.165) is 5.56 Å². The van der Waals surface area contributed by atoms with Gasteiger partial charge in [-0.15, -0.1) is 0 Å². The maximum atomic E-state index is 13.9.